The second-order valence-electron chi connectivity index (χ2n) is 4.32. The fourth-order valence-electron chi connectivity index (χ4n) is 1.91. The lowest BCUT2D eigenvalue weighted by atomic mass is 10.0. The van der Waals surface area contributed by atoms with Crippen LogP contribution in [-0.4, -0.2) is 18.2 Å². The van der Waals surface area contributed by atoms with Gasteiger partial charge in [-0.15, -0.1) is 0 Å². The van der Waals surface area contributed by atoms with E-state index in [1.54, 1.807) is 24.3 Å². The third kappa shape index (κ3) is 3.42. The largest absolute Gasteiger partial charge is 0.465 e. The van der Waals surface area contributed by atoms with Gasteiger partial charge >= 0.3 is 5.97 Å². The van der Waals surface area contributed by atoms with Crippen molar-refractivity contribution in [2.24, 2.45) is 0 Å². The van der Waals surface area contributed by atoms with Crippen LogP contribution < -0.4 is 0 Å². The summed E-state index contributed by atoms with van der Waals surface area (Å²) in [7, 11) is 1.35. The fraction of sp³-hybridized carbons (Fsp3) is 0.188. The van der Waals surface area contributed by atoms with Crippen LogP contribution in [0.15, 0.2) is 54.6 Å². The summed E-state index contributed by atoms with van der Waals surface area (Å²) in [6.45, 7) is 0. The van der Waals surface area contributed by atoms with Crippen LogP contribution in [0.4, 0.5) is 0 Å². The first kappa shape index (κ1) is 13.3. The SMILES string of the molecule is COC(=O)c1ccc(C(O)Cc2ccccc2)cc1. The predicted molar refractivity (Wildman–Crippen MR) is 72.9 cm³/mol. The Bertz CT molecular complexity index is 532. The molecule has 1 N–H and O–H groups in total. The second-order valence-corrected chi connectivity index (χ2v) is 4.32. The van der Waals surface area contributed by atoms with Crippen molar-refractivity contribution in [1.29, 1.82) is 0 Å². The fourth-order valence-corrected chi connectivity index (χ4v) is 1.91. The topological polar surface area (TPSA) is 46.5 Å². The molecule has 0 saturated heterocycles. The Morgan fingerprint density at radius 2 is 1.74 bits per heavy atom. The van der Waals surface area contributed by atoms with Gasteiger partial charge in [-0.05, 0) is 23.3 Å². The third-order valence-corrected chi connectivity index (χ3v) is 2.99. The molecule has 1 unspecified atom stereocenters. The molecule has 2 rings (SSSR count). The second kappa shape index (κ2) is 6.16. The van der Waals surface area contributed by atoms with Crippen molar-refractivity contribution in [3.8, 4) is 0 Å². The molecule has 0 aliphatic rings. The number of hydrogen-bond acceptors (Lipinski definition) is 3. The summed E-state index contributed by atoms with van der Waals surface area (Å²) in [5, 5.41) is 10.1. The number of ether oxygens (including phenoxy) is 1. The number of carbonyl (C=O) groups is 1. The zero-order valence-electron chi connectivity index (χ0n) is 10.7. The van der Waals surface area contributed by atoms with Crippen LogP contribution in [0.25, 0.3) is 0 Å². The molecule has 0 amide bonds. The standard InChI is InChI=1S/C16H16O3/c1-19-16(18)14-9-7-13(8-10-14)15(17)11-12-5-3-2-4-6-12/h2-10,15,17H,11H2,1H3. The van der Waals surface area contributed by atoms with Gasteiger partial charge in [-0.25, -0.2) is 4.79 Å². The summed E-state index contributed by atoms with van der Waals surface area (Å²) in [6, 6.07) is 16.6. The molecule has 0 fully saturated rings. The van der Waals surface area contributed by atoms with E-state index in [1.165, 1.54) is 7.11 Å². The Hall–Kier alpha value is -2.13. The van der Waals surface area contributed by atoms with Gasteiger partial charge in [0.1, 0.15) is 0 Å². The summed E-state index contributed by atoms with van der Waals surface area (Å²) < 4.78 is 4.63. The average Bonchev–Trinajstić information content (AvgIpc) is 2.47. The highest BCUT2D eigenvalue weighted by Crippen LogP contribution is 2.19. The molecule has 0 radical (unpaired) electrons. The summed E-state index contributed by atoms with van der Waals surface area (Å²) >= 11 is 0. The molecule has 0 spiro atoms. The van der Waals surface area contributed by atoms with Gasteiger partial charge in [-0.1, -0.05) is 42.5 Å². The highest BCUT2D eigenvalue weighted by atomic mass is 16.5. The van der Waals surface area contributed by atoms with Gasteiger partial charge in [0, 0.05) is 6.42 Å². The van der Waals surface area contributed by atoms with Crippen molar-refractivity contribution in [3.63, 3.8) is 0 Å². The zero-order chi connectivity index (χ0) is 13.7. The number of benzene rings is 2. The van der Waals surface area contributed by atoms with E-state index >= 15 is 0 Å². The van der Waals surface area contributed by atoms with Gasteiger partial charge < -0.3 is 9.84 Å². The molecule has 1 atom stereocenters. The molecule has 0 aromatic heterocycles. The molecule has 3 nitrogen and oxygen atoms in total. The van der Waals surface area contributed by atoms with E-state index in [2.05, 4.69) is 4.74 Å². The number of methoxy groups -OCH3 is 1. The Morgan fingerprint density at radius 3 is 2.32 bits per heavy atom. The van der Waals surface area contributed by atoms with Crippen molar-refractivity contribution in [2.45, 2.75) is 12.5 Å². The maximum absolute atomic E-state index is 11.3. The van der Waals surface area contributed by atoms with Crippen LogP contribution in [0, 0.1) is 0 Å². The number of esters is 1. The van der Waals surface area contributed by atoms with Gasteiger partial charge in [0.15, 0.2) is 0 Å². The molecule has 19 heavy (non-hydrogen) atoms. The molecule has 98 valence electrons. The first-order valence-corrected chi connectivity index (χ1v) is 6.11. The Morgan fingerprint density at radius 1 is 1.11 bits per heavy atom. The number of carbonyl (C=O) groups excluding carboxylic acids is 1. The van der Waals surface area contributed by atoms with E-state index in [9.17, 15) is 9.90 Å². The first-order valence-electron chi connectivity index (χ1n) is 6.11. The maximum Gasteiger partial charge on any atom is 0.337 e. The van der Waals surface area contributed by atoms with Crippen molar-refractivity contribution in [2.75, 3.05) is 7.11 Å². The minimum absolute atomic E-state index is 0.371. The number of hydrogen-bond donors (Lipinski definition) is 1. The smallest absolute Gasteiger partial charge is 0.337 e. The van der Waals surface area contributed by atoms with Crippen molar-refractivity contribution < 1.29 is 14.6 Å². The van der Waals surface area contributed by atoms with E-state index in [0.717, 1.165) is 11.1 Å². The molecule has 0 aliphatic heterocycles. The van der Waals surface area contributed by atoms with E-state index in [1.807, 2.05) is 30.3 Å². The van der Waals surface area contributed by atoms with Crippen LogP contribution in [0.2, 0.25) is 0 Å². The minimum atomic E-state index is -0.575. The average molecular weight is 256 g/mol. The Labute approximate surface area is 112 Å². The highest BCUT2D eigenvalue weighted by Gasteiger charge is 2.10. The van der Waals surface area contributed by atoms with Crippen LogP contribution in [0.3, 0.4) is 0 Å². The number of aliphatic hydroxyl groups excluding tert-OH is 1. The van der Waals surface area contributed by atoms with Crippen LogP contribution >= 0.6 is 0 Å². The van der Waals surface area contributed by atoms with Gasteiger partial charge in [-0.3, -0.25) is 0 Å². The molecule has 0 aliphatic carbocycles. The van der Waals surface area contributed by atoms with E-state index in [0.29, 0.717) is 12.0 Å². The summed E-state index contributed by atoms with van der Waals surface area (Å²) in [5.41, 5.74) is 2.35. The molecule has 2 aromatic rings. The van der Waals surface area contributed by atoms with Crippen LogP contribution in [0.5, 0.6) is 0 Å². The Balaban J connectivity index is 2.07. The van der Waals surface area contributed by atoms with E-state index < -0.39 is 6.10 Å². The number of rotatable bonds is 4. The monoisotopic (exact) mass is 256 g/mol. The molecule has 0 heterocycles. The van der Waals surface area contributed by atoms with Gasteiger partial charge in [-0.2, -0.15) is 0 Å². The molecular weight excluding hydrogens is 240 g/mol. The lowest BCUT2D eigenvalue weighted by Crippen LogP contribution is -2.04. The summed E-state index contributed by atoms with van der Waals surface area (Å²) in [5.74, 6) is -0.371. The molecule has 2 aromatic carbocycles. The van der Waals surface area contributed by atoms with Gasteiger partial charge in [0.2, 0.25) is 0 Å². The zero-order valence-corrected chi connectivity index (χ0v) is 10.7. The number of aliphatic hydroxyl groups is 1. The third-order valence-electron chi connectivity index (χ3n) is 2.99. The van der Waals surface area contributed by atoms with Gasteiger partial charge in [0.25, 0.3) is 0 Å². The normalized spacial score (nSPS) is 11.9. The highest BCUT2D eigenvalue weighted by molar-refractivity contribution is 5.89. The lowest BCUT2D eigenvalue weighted by molar-refractivity contribution is 0.0600. The maximum atomic E-state index is 11.3. The van der Waals surface area contributed by atoms with Crippen molar-refractivity contribution >= 4 is 5.97 Å². The lowest BCUT2D eigenvalue weighted by Gasteiger charge is -2.11. The molecule has 0 bridgehead atoms. The molecular formula is C16H16O3. The minimum Gasteiger partial charge on any atom is -0.465 e. The van der Waals surface area contributed by atoms with Crippen LogP contribution in [-0.2, 0) is 11.2 Å². The quantitative estimate of drug-likeness (QED) is 0.856. The Kier molecular flexibility index (Phi) is 4.31. The predicted octanol–water partition coefficient (Wildman–Crippen LogP) is 2.75. The molecule has 0 saturated carbocycles. The van der Waals surface area contributed by atoms with Crippen molar-refractivity contribution in [1.82, 2.24) is 0 Å². The molecule has 3 heteroatoms. The van der Waals surface area contributed by atoms with Crippen molar-refractivity contribution in [3.05, 3.63) is 71.3 Å². The summed E-state index contributed by atoms with van der Waals surface area (Å²) in [4.78, 5) is 11.3. The van der Waals surface area contributed by atoms with Crippen LogP contribution in [0.1, 0.15) is 27.6 Å². The summed E-state index contributed by atoms with van der Waals surface area (Å²) in [6.07, 6.45) is -0.0209. The van der Waals surface area contributed by atoms with E-state index in [4.69, 9.17) is 0 Å². The van der Waals surface area contributed by atoms with E-state index in [-0.39, 0.29) is 5.97 Å². The van der Waals surface area contributed by atoms with Gasteiger partial charge in [0.05, 0.1) is 18.8 Å². The first-order chi connectivity index (χ1) is 9.20.